The number of nitrogens with zero attached hydrogens (tertiary/aromatic N) is 2. The monoisotopic (exact) mass is 366 g/mol. The van der Waals surface area contributed by atoms with Crippen LogP contribution in [0.2, 0.25) is 0 Å². The fourth-order valence-corrected chi connectivity index (χ4v) is 3.56. The van der Waals surface area contributed by atoms with Crippen LogP contribution in [0.3, 0.4) is 0 Å². The molecule has 1 amide bonds. The molecule has 0 unspecified atom stereocenters. The predicted molar refractivity (Wildman–Crippen MR) is 110 cm³/mol. The van der Waals surface area contributed by atoms with Crippen LogP contribution in [-0.4, -0.2) is 24.0 Å². The zero-order chi connectivity index (χ0) is 18.5. The van der Waals surface area contributed by atoms with Gasteiger partial charge in [-0.3, -0.25) is 4.79 Å². The molecule has 0 aliphatic carbocycles. The molecular weight excluding hydrogens is 344 g/mol. The van der Waals surface area contributed by atoms with E-state index >= 15 is 0 Å². The molecule has 0 saturated carbocycles. The zero-order valence-corrected chi connectivity index (χ0v) is 15.7. The number of nitrogens with two attached hydrogens (primary N) is 1. The Labute approximate surface area is 157 Å². The molecule has 1 heterocycles. The van der Waals surface area contributed by atoms with Gasteiger partial charge in [0.1, 0.15) is 4.88 Å². The van der Waals surface area contributed by atoms with Crippen molar-refractivity contribution in [2.45, 2.75) is 13.8 Å². The summed E-state index contributed by atoms with van der Waals surface area (Å²) in [5, 5.41) is 3.32. The largest absolute Gasteiger partial charge is 0.375 e. The molecule has 2 aromatic carbocycles. The predicted octanol–water partition coefficient (Wildman–Crippen LogP) is 4.49. The van der Waals surface area contributed by atoms with Gasteiger partial charge in [-0.05, 0) is 38.1 Å². The fraction of sp³-hybridized carbons (Fsp3) is 0.200. The lowest BCUT2D eigenvalue weighted by molar-refractivity contribution is 0.103. The number of carbonyl (C=O) groups excluding carboxylic acids is 1. The smallest absolute Gasteiger partial charge is 0.268 e. The molecule has 3 rings (SSSR count). The highest BCUT2D eigenvalue weighted by Gasteiger charge is 2.18. The molecular formula is C20H22N4OS. The van der Waals surface area contributed by atoms with Crippen molar-refractivity contribution in [2.24, 2.45) is 0 Å². The Bertz CT molecular complexity index is 871. The molecule has 3 aromatic rings. The molecule has 0 fully saturated rings. The van der Waals surface area contributed by atoms with Crippen molar-refractivity contribution in [2.75, 3.05) is 29.0 Å². The fourth-order valence-electron chi connectivity index (χ4n) is 2.81. The molecule has 134 valence electrons. The van der Waals surface area contributed by atoms with Gasteiger partial charge in [-0.25, -0.2) is 4.98 Å². The summed E-state index contributed by atoms with van der Waals surface area (Å²) < 4.78 is 0. The molecule has 0 spiro atoms. The summed E-state index contributed by atoms with van der Waals surface area (Å²) in [4.78, 5) is 19.8. The number of carbonyl (C=O) groups is 1. The first-order valence-electron chi connectivity index (χ1n) is 8.60. The van der Waals surface area contributed by atoms with Gasteiger partial charge in [-0.1, -0.05) is 41.7 Å². The van der Waals surface area contributed by atoms with Gasteiger partial charge in [0.2, 0.25) is 0 Å². The van der Waals surface area contributed by atoms with E-state index in [2.05, 4.69) is 29.0 Å². The summed E-state index contributed by atoms with van der Waals surface area (Å²) in [5.41, 5.74) is 9.23. The molecule has 3 N–H and O–H groups in total. The van der Waals surface area contributed by atoms with Gasteiger partial charge in [-0.15, -0.1) is 0 Å². The van der Waals surface area contributed by atoms with Crippen LogP contribution >= 0.6 is 11.3 Å². The van der Waals surface area contributed by atoms with Crippen molar-refractivity contribution < 1.29 is 4.79 Å². The summed E-state index contributed by atoms with van der Waals surface area (Å²) in [6.07, 6.45) is 0. The number of nitrogens with one attached hydrogen (secondary N) is 1. The highest BCUT2D eigenvalue weighted by Crippen LogP contribution is 2.30. The average molecular weight is 366 g/mol. The maximum Gasteiger partial charge on any atom is 0.268 e. The maximum atomic E-state index is 12.7. The van der Waals surface area contributed by atoms with Gasteiger partial charge >= 0.3 is 0 Å². The quantitative estimate of drug-likeness (QED) is 0.674. The Balaban J connectivity index is 1.81. The van der Waals surface area contributed by atoms with Gasteiger partial charge in [0.25, 0.3) is 5.91 Å². The number of hydrogen-bond acceptors (Lipinski definition) is 5. The molecule has 0 aliphatic heterocycles. The van der Waals surface area contributed by atoms with Crippen LogP contribution in [0.5, 0.6) is 0 Å². The third-order valence-corrected chi connectivity index (χ3v) is 5.03. The second-order valence-corrected chi connectivity index (χ2v) is 6.80. The first-order valence-corrected chi connectivity index (χ1v) is 9.42. The van der Waals surface area contributed by atoms with Crippen LogP contribution in [0.25, 0.3) is 11.3 Å². The third-order valence-electron chi connectivity index (χ3n) is 4.15. The molecule has 1 aromatic heterocycles. The Morgan fingerprint density at radius 3 is 2.35 bits per heavy atom. The van der Waals surface area contributed by atoms with E-state index in [-0.39, 0.29) is 5.91 Å². The summed E-state index contributed by atoms with van der Waals surface area (Å²) in [6.45, 7) is 6.14. The minimum atomic E-state index is -0.200. The highest BCUT2D eigenvalue weighted by atomic mass is 32.1. The maximum absolute atomic E-state index is 12.7. The molecule has 26 heavy (non-hydrogen) atoms. The second kappa shape index (κ2) is 8.01. The van der Waals surface area contributed by atoms with E-state index in [1.54, 1.807) is 0 Å². The van der Waals surface area contributed by atoms with Crippen molar-refractivity contribution in [3.8, 4) is 11.3 Å². The first kappa shape index (κ1) is 17.9. The lowest BCUT2D eigenvalue weighted by Crippen LogP contribution is -2.21. The van der Waals surface area contributed by atoms with Crippen molar-refractivity contribution >= 4 is 33.8 Å². The van der Waals surface area contributed by atoms with Crippen molar-refractivity contribution in [1.29, 1.82) is 0 Å². The van der Waals surface area contributed by atoms with Gasteiger partial charge in [0, 0.05) is 30.0 Å². The number of benzene rings is 2. The molecule has 0 bridgehead atoms. The number of nitrogen functional groups attached to an aromatic ring is 1. The molecule has 6 heteroatoms. The SMILES string of the molecule is CCN(CC)c1ccc(NC(=O)c2sc(N)nc2-c2ccccc2)cc1. The van der Waals surface area contributed by atoms with Crippen LogP contribution < -0.4 is 16.0 Å². The first-order chi connectivity index (χ1) is 12.6. The number of rotatable bonds is 6. The van der Waals surface area contributed by atoms with Crippen LogP contribution in [0, 0.1) is 0 Å². The Morgan fingerprint density at radius 1 is 1.08 bits per heavy atom. The van der Waals surface area contributed by atoms with Crippen LogP contribution in [0.1, 0.15) is 23.5 Å². The van der Waals surface area contributed by atoms with Gasteiger partial charge in [0.05, 0.1) is 5.69 Å². The van der Waals surface area contributed by atoms with Crippen molar-refractivity contribution in [3.63, 3.8) is 0 Å². The Hall–Kier alpha value is -2.86. The number of thiazole rings is 1. The van der Waals surface area contributed by atoms with E-state index < -0.39 is 0 Å². The lowest BCUT2D eigenvalue weighted by atomic mass is 10.1. The van der Waals surface area contributed by atoms with Gasteiger partial charge in [-0.2, -0.15) is 0 Å². The molecule has 0 saturated heterocycles. The highest BCUT2D eigenvalue weighted by molar-refractivity contribution is 7.17. The van der Waals surface area contributed by atoms with Crippen LogP contribution in [-0.2, 0) is 0 Å². The normalized spacial score (nSPS) is 10.5. The van der Waals surface area contributed by atoms with Gasteiger partial charge in [0.15, 0.2) is 5.13 Å². The molecule has 5 nitrogen and oxygen atoms in total. The molecule has 0 aliphatic rings. The minimum absolute atomic E-state index is 0.200. The lowest BCUT2D eigenvalue weighted by Gasteiger charge is -2.21. The van der Waals surface area contributed by atoms with Crippen LogP contribution in [0.4, 0.5) is 16.5 Å². The zero-order valence-electron chi connectivity index (χ0n) is 14.9. The summed E-state index contributed by atoms with van der Waals surface area (Å²) in [6, 6.07) is 17.5. The van der Waals surface area contributed by atoms with E-state index in [0.29, 0.717) is 15.7 Å². The number of amides is 1. The summed E-state index contributed by atoms with van der Waals surface area (Å²) in [5.74, 6) is -0.200. The van der Waals surface area contributed by atoms with Crippen molar-refractivity contribution in [1.82, 2.24) is 4.98 Å². The van der Waals surface area contributed by atoms with E-state index in [4.69, 9.17) is 5.73 Å². The average Bonchev–Trinajstić information content (AvgIpc) is 3.07. The Kier molecular flexibility index (Phi) is 5.53. The van der Waals surface area contributed by atoms with E-state index in [9.17, 15) is 4.79 Å². The third kappa shape index (κ3) is 3.86. The standard InChI is InChI=1S/C20H22N4OS/c1-3-24(4-2)16-12-10-15(11-13-16)22-19(25)18-17(23-20(21)26-18)14-8-6-5-7-9-14/h5-13H,3-4H2,1-2H3,(H2,21,23)(H,22,25). The number of anilines is 3. The van der Waals surface area contributed by atoms with E-state index in [0.717, 1.165) is 30.0 Å². The molecule has 0 radical (unpaired) electrons. The van der Waals surface area contributed by atoms with E-state index in [1.165, 1.54) is 11.3 Å². The Morgan fingerprint density at radius 2 is 1.73 bits per heavy atom. The van der Waals surface area contributed by atoms with E-state index in [1.807, 2.05) is 54.6 Å². The van der Waals surface area contributed by atoms with Crippen LogP contribution in [0.15, 0.2) is 54.6 Å². The van der Waals surface area contributed by atoms with Gasteiger partial charge < -0.3 is 16.0 Å². The minimum Gasteiger partial charge on any atom is -0.375 e. The topological polar surface area (TPSA) is 71.2 Å². The van der Waals surface area contributed by atoms with Crippen molar-refractivity contribution in [3.05, 3.63) is 59.5 Å². The number of aromatic nitrogens is 1. The summed E-state index contributed by atoms with van der Waals surface area (Å²) in [7, 11) is 0. The molecule has 0 atom stereocenters. The second-order valence-electron chi connectivity index (χ2n) is 5.77. The summed E-state index contributed by atoms with van der Waals surface area (Å²) >= 11 is 1.20. The number of hydrogen-bond donors (Lipinski definition) is 2.